The summed E-state index contributed by atoms with van der Waals surface area (Å²) in [5.74, 6) is 0.863. The van der Waals surface area contributed by atoms with Crippen molar-refractivity contribution in [2.75, 3.05) is 6.54 Å². The number of amidine groups is 1. The molecule has 1 N–H and O–H groups in total. The number of halogens is 1. The van der Waals surface area contributed by atoms with Crippen molar-refractivity contribution in [2.24, 2.45) is 10.1 Å². The van der Waals surface area contributed by atoms with E-state index in [2.05, 4.69) is 35.3 Å². The van der Waals surface area contributed by atoms with Crippen LogP contribution in [0.5, 0.6) is 0 Å². The predicted octanol–water partition coefficient (Wildman–Crippen LogP) is 2.83. The normalized spacial score (nSPS) is 25.9. The van der Waals surface area contributed by atoms with Crippen LogP contribution in [0.15, 0.2) is 33.6 Å². The van der Waals surface area contributed by atoms with Crippen molar-refractivity contribution in [3.63, 3.8) is 0 Å². The monoisotopic (exact) mass is 266 g/mol. The number of hydrazone groups is 1. The number of hydrogen-bond donors (Lipinski definition) is 1. The number of hydrogen-bond acceptors (Lipinski definition) is 4. The quantitative estimate of drug-likeness (QED) is 0.835. The van der Waals surface area contributed by atoms with Crippen molar-refractivity contribution in [3.8, 4) is 0 Å². The molecule has 4 nitrogen and oxygen atoms in total. The van der Waals surface area contributed by atoms with Gasteiger partial charge in [0, 0.05) is 24.4 Å². The van der Waals surface area contributed by atoms with Crippen LogP contribution in [0.25, 0.3) is 0 Å². The molecular formula is C13H19ClN4. The standard InChI is InChI=1S/C13H19ClN4/c1-9(2)16-11-8-12(14)17-18-10(3)6-4-5-7-15-13(11)18/h6,8-9,16H,4-5,7H2,1-3H3/b10-6+,15-13-. The van der Waals surface area contributed by atoms with Crippen molar-refractivity contribution in [2.45, 2.75) is 39.7 Å². The predicted molar refractivity (Wildman–Crippen MR) is 76.8 cm³/mol. The van der Waals surface area contributed by atoms with E-state index in [1.807, 2.05) is 18.0 Å². The summed E-state index contributed by atoms with van der Waals surface area (Å²) < 4.78 is 0. The lowest BCUT2D eigenvalue weighted by atomic mass is 10.2. The van der Waals surface area contributed by atoms with Crippen molar-refractivity contribution in [3.05, 3.63) is 23.5 Å². The number of nitrogens with zero attached hydrogens (tertiary/aromatic N) is 3. The third-order valence-corrected chi connectivity index (χ3v) is 2.93. The number of rotatable bonds is 2. The Morgan fingerprint density at radius 3 is 2.94 bits per heavy atom. The van der Waals surface area contributed by atoms with Crippen LogP contribution < -0.4 is 5.32 Å². The van der Waals surface area contributed by atoms with Gasteiger partial charge in [0.25, 0.3) is 0 Å². The van der Waals surface area contributed by atoms with Gasteiger partial charge in [0.15, 0.2) is 11.0 Å². The van der Waals surface area contributed by atoms with Gasteiger partial charge in [0.2, 0.25) is 0 Å². The number of allylic oxidation sites excluding steroid dienone is 3. The molecule has 0 aromatic heterocycles. The van der Waals surface area contributed by atoms with E-state index in [1.54, 1.807) is 0 Å². The zero-order chi connectivity index (χ0) is 13.1. The first kappa shape index (κ1) is 13.1. The first-order valence-electron chi connectivity index (χ1n) is 6.32. The Morgan fingerprint density at radius 2 is 2.22 bits per heavy atom. The zero-order valence-corrected chi connectivity index (χ0v) is 11.8. The molecule has 0 unspecified atom stereocenters. The second kappa shape index (κ2) is 5.57. The first-order chi connectivity index (χ1) is 8.58. The molecule has 0 aliphatic carbocycles. The lowest BCUT2D eigenvalue weighted by molar-refractivity contribution is 0.525. The fraction of sp³-hybridized carbons (Fsp3) is 0.538. The molecule has 0 saturated carbocycles. The third kappa shape index (κ3) is 2.93. The SMILES string of the molecule is C/C1=C\CCC/N=C2/C(NC(C)C)=CC(Cl)=NN21. The highest BCUT2D eigenvalue weighted by Crippen LogP contribution is 2.20. The van der Waals surface area contributed by atoms with E-state index < -0.39 is 0 Å². The summed E-state index contributed by atoms with van der Waals surface area (Å²) >= 11 is 6.08. The molecule has 0 fully saturated rings. The van der Waals surface area contributed by atoms with Crippen LogP contribution in [0.1, 0.15) is 33.6 Å². The summed E-state index contributed by atoms with van der Waals surface area (Å²) in [6.45, 7) is 7.04. The molecule has 2 heterocycles. The Balaban J connectivity index is 2.36. The largest absolute Gasteiger partial charge is 0.380 e. The fourth-order valence-electron chi connectivity index (χ4n) is 1.96. The van der Waals surface area contributed by atoms with Crippen LogP contribution in [0.3, 0.4) is 0 Å². The molecule has 0 aromatic carbocycles. The maximum atomic E-state index is 6.08. The molecule has 2 rings (SSSR count). The third-order valence-electron chi connectivity index (χ3n) is 2.74. The van der Waals surface area contributed by atoms with Crippen LogP contribution in [0.4, 0.5) is 0 Å². The van der Waals surface area contributed by atoms with Crippen LogP contribution in [-0.4, -0.2) is 28.6 Å². The van der Waals surface area contributed by atoms with Crippen molar-refractivity contribution in [1.82, 2.24) is 10.3 Å². The van der Waals surface area contributed by atoms with Crippen molar-refractivity contribution < 1.29 is 0 Å². The van der Waals surface area contributed by atoms with Gasteiger partial charge >= 0.3 is 0 Å². The van der Waals surface area contributed by atoms with Crippen LogP contribution in [-0.2, 0) is 0 Å². The maximum absolute atomic E-state index is 6.08. The van der Waals surface area contributed by atoms with Crippen LogP contribution >= 0.6 is 11.6 Å². The van der Waals surface area contributed by atoms with Gasteiger partial charge < -0.3 is 5.32 Å². The maximum Gasteiger partial charge on any atom is 0.172 e. The summed E-state index contributed by atoms with van der Waals surface area (Å²) in [4.78, 5) is 4.63. The Labute approximate surface area is 113 Å². The summed E-state index contributed by atoms with van der Waals surface area (Å²) in [6, 6.07) is 0.332. The molecule has 18 heavy (non-hydrogen) atoms. The molecule has 0 amide bonds. The van der Waals surface area contributed by atoms with Gasteiger partial charge in [-0.3, -0.25) is 4.99 Å². The molecule has 0 saturated heterocycles. The smallest absolute Gasteiger partial charge is 0.172 e. The average Bonchev–Trinajstić information content (AvgIpc) is 2.27. The fourth-order valence-corrected chi connectivity index (χ4v) is 2.14. The van der Waals surface area contributed by atoms with E-state index >= 15 is 0 Å². The molecule has 2 aliphatic rings. The summed E-state index contributed by atoms with van der Waals surface area (Å²) in [5, 5.41) is 10.0. The van der Waals surface area contributed by atoms with E-state index in [9.17, 15) is 0 Å². The van der Waals surface area contributed by atoms with Gasteiger partial charge in [-0.1, -0.05) is 17.7 Å². The summed E-state index contributed by atoms with van der Waals surface area (Å²) in [5.41, 5.74) is 2.02. The highest BCUT2D eigenvalue weighted by Gasteiger charge is 2.23. The molecule has 0 atom stereocenters. The number of nitrogens with one attached hydrogen (secondary N) is 1. The van der Waals surface area contributed by atoms with Crippen LogP contribution in [0, 0.1) is 0 Å². The van der Waals surface area contributed by atoms with E-state index in [-0.39, 0.29) is 0 Å². The summed E-state index contributed by atoms with van der Waals surface area (Å²) in [7, 11) is 0. The molecule has 98 valence electrons. The Kier molecular flexibility index (Phi) is 4.07. The van der Waals surface area contributed by atoms with Crippen molar-refractivity contribution >= 4 is 22.6 Å². The van der Waals surface area contributed by atoms with E-state index in [1.165, 1.54) is 0 Å². The second-order valence-electron chi connectivity index (χ2n) is 4.78. The average molecular weight is 267 g/mol. The summed E-state index contributed by atoms with van der Waals surface area (Å²) in [6.07, 6.45) is 6.12. The first-order valence-corrected chi connectivity index (χ1v) is 6.70. The number of fused-ring (bicyclic) bond motifs is 1. The van der Waals surface area contributed by atoms with Gasteiger partial charge in [-0.25, -0.2) is 5.01 Å². The van der Waals surface area contributed by atoms with E-state index in [0.29, 0.717) is 11.2 Å². The molecule has 5 heteroatoms. The van der Waals surface area contributed by atoms with Gasteiger partial charge in [-0.15, -0.1) is 0 Å². The lowest BCUT2D eigenvalue weighted by Gasteiger charge is -2.29. The van der Waals surface area contributed by atoms with E-state index in [4.69, 9.17) is 11.6 Å². The molecule has 0 aromatic rings. The Morgan fingerprint density at radius 1 is 1.44 bits per heavy atom. The zero-order valence-electron chi connectivity index (χ0n) is 11.1. The minimum atomic E-state index is 0.332. The minimum absolute atomic E-state index is 0.332. The van der Waals surface area contributed by atoms with Gasteiger partial charge in [-0.05, 0) is 33.6 Å². The molecule has 0 spiro atoms. The topological polar surface area (TPSA) is 40.0 Å². The van der Waals surface area contributed by atoms with Crippen LogP contribution in [0.2, 0.25) is 0 Å². The van der Waals surface area contributed by atoms with Gasteiger partial charge in [0.1, 0.15) is 0 Å². The Bertz CT molecular complexity index is 446. The second-order valence-corrected chi connectivity index (χ2v) is 5.17. The number of aliphatic imine (C=N–C) groups is 1. The minimum Gasteiger partial charge on any atom is -0.380 e. The molecule has 0 radical (unpaired) electrons. The van der Waals surface area contributed by atoms with Crippen molar-refractivity contribution in [1.29, 1.82) is 0 Å². The van der Waals surface area contributed by atoms with E-state index in [0.717, 1.165) is 36.6 Å². The molecule has 2 aliphatic heterocycles. The highest BCUT2D eigenvalue weighted by atomic mass is 35.5. The van der Waals surface area contributed by atoms with Gasteiger partial charge in [-0.2, -0.15) is 5.10 Å². The molecule has 0 bridgehead atoms. The Hall–Kier alpha value is -1.29. The molecular weight excluding hydrogens is 248 g/mol. The lowest BCUT2D eigenvalue weighted by Crippen LogP contribution is -2.38. The highest BCUT2D eigenvalue weighted by molar-refractivity contribution is 6.68. The van der Waals surface area contributed by atoms with Gasteiger partial charge in [0.05, 0.1) is 5.70 Å².